The van der Waals surface area contributed by atoms with Crippen molar-refractivity contribution < 1.29 is 0 Å². The van der Waals surface area contributed by atoms with E-state index in [4.69, 9.17) is 0 Å². The van der Waals surface area contributed by atoms with E-state index in [0.29, 0.717) is 11.1 Å². The molecule has 0 aromatic heterocycles. The van der Waals surface area contributed by atoms with E-state index < -0.39 is 0 Å². The molecule has 0 spiro atoms. The van der Waals surface area contributed by atoms with Gasteiger partial charge in [-0.15, -0.1) is 0 Å². The van der Waals surface area contributed by atoms with Crippen molar-refractivity contribution in [3.63, 3.8) is 0 Å². The minimum absolute atomic E-state index is 0.469. The van der Waals surface area contributed by atoms with E-state index in [1.807, 2.05) is 0 Å². The van der Waals surface area contributed by atoms with Crippen molar-refractivity contribution in [2.45, 2.75) is 37.8 Å². The van der Waals surface area contributed by atoms with Gasteiger partial charge >= 0.3 is 0 Å². The molecule has 2 unspecified atom stereocenters. The van der Waals surface area contributed by atoms with Crippen LogP contribution in [0.15, 0.2) is 24.3 Å². The lowest BCUT2D eigenvalue weighted by atomic mass is 9.99. The molecule has 0 heterocycles. The van der Waals surface area contributed by atoms with Crippen LogP contribution < -0.4 is 0 Å². The van der Waals surface area contributed by atoms with Gasteiger partial charge in [0, 0.05) is 20.5 Å². The quantitative estimate of drug-likeness (QED) is 0.679. The van der Waals surface area contributed by atoms with Gasteiger partial charge in [0.25, 0.3) is 0 Å². The summed E-state index contributed by atoms with van der Waals surface area (Å²) in [5, 5.41) is 0. The molecule has 0 aliphatic rings. The van der Waals surface area contributed by atoms with Crippen LogP contribution in [0.1, 0.15) is 48.9 Å². The highest BCUT2D eigenvalue weighted by Crippen LogP contribution is 2.26. The van der Waals surface area contributed by atoms with Gasteiger partial charge in [0.15, 0.2) is 0 Å². The molecule has 0 N–H and O–H groups in total. The Kier molecular flexibility index (Phi) is 4.62. The van der Waals surface area contributed by atoms with E-state index in [0.717, 1.165) is 12.8 Å². The third-order valence-electron chi connectivity index (χ3n) is 2.56. The van der Waals surface area contributed by atoms with E-state index >= 15 is 0 Å². The lowest BCUT2D eigenvalue weighted by Gasteiger charge is -2.18. The van der Waals surface area contributed by atoms with Gasteiger partial charge in [-0.2, -0.15) is 0 Å². The third kappa shape index (κ3) is 2.58. The van der Waals surface area contributed by atoms with E-state index in [2.05, 4.69) is 58.6 Å². The highest BCUT2D eigenvalue weighted by Gasteiger charge is 2.12. The Balaban J connectivity index is 3.02. The highest BCUT2D eigenvalue weighted by atomic mass is 28.1. The molecule has 0 saturated carbocycles. The van der Waals surface area contributed by atoms with Crippen molar-refractivity contribution in [1.82, 2.24) is 0 Å². The smallest absolute Gasteiger partial charge is 0.0331 e. The van der Waals surface area contributed by atoms with E-state index in [1.165, 1.54) is 11.1 Å². The zero-order valence-electron chi connectivity index (χ0n) is 8.88. The second kappa shape index (κ2) is 5.51. The van der Waals surface area contributed by atoms with Crippen molar-refractivity contribution in [3.8, 4) is 0 Å². The predicted octanol–water partition coefficient (Wildman–Crippen LogP) is 2.93. The lowest BCUT2D eigenvalue weighted by Crippen LogP contribution is -2.06. The fourth-order valence-electron chi connectivity index (χ4n) is 1.59. The molecule has 0 aliphatic heterocycles. The van der Waals surface area contributed by atoms with Crippen LogP contribution in [0.4, 0.5) is 0 Å². The molecular formula is C12H16Si2. The van der Waals surface area contributed by atoms with Gasteiger partial charge in [0.2, 0.25) is 0 Å². The van der Waals surface area contributed by atoms with Crippen LogP contribution in [0, 0.1) is 0 Å². The molecule has 14 heavy (non-hydrogen) atoms. The Morgan fingerprint density at radius 2 is 1.29 bits per heavy atom. The zero-order chi connectivity index (χ0) is 10.6. The van der Waals surface area contributed by atoms with Crippen LogP contribution in [0.5, 0.6) is 0 Å². The summed E-state index contributed by atoms with van der Waals surface area (Å²) in [4.78, 5) is 0. The summed E-state index contributed by atoms with van der Waals surface area (Å²) in [5.41, 5.74) is 3.76. The maximum Gasteiger partial charge on any atom is 0.0331 e. The Morgan fingerprint density at radius 1 is 0.929 bits per heavy atom. The summed E-state index contributed by atoms with van der Waals surface area (Å²) in [5.74, 6) is 0. The molecule has 0 aliphatic carbocycles. The van der Waals surface area contributed by atoms with Crippen LogP contribution in [0.25, 0.3) is 0 Å². The van der Waals surface area contributed by atoms with E-state index in [-0.39, 0.29) is 0 Å². The summed E-state index contributed by atoms with van der Waals surface area (Å²) in [6.07, 6.45) is 2.24. The van der Waals surface area contributed by atoms with Gasteiger partial charge in [0.05, 0.1) is 0 Å². The average molecular weight is 216 g/mol. The van der Waals surface area contributed by atoms with Crippen LogP contribution in [-0.4, -0.2) is 20.5 Å². The fraction of sp³-hybridized carbons (Fsp3) is 0.500. The molecule has 0 amide bonds. The molecule has 1 aromatic carbocycles. The molecule has 1 rings (SSSR count). The largest absolute Gasteiger partial charge is 0.0651 e. The highest BCUT2D eigenvalue weighted by molar-refractivity contribution is 6.14. The molecule has 6 radical (unpaired) electrons. The summed E-state index contributed by atoms with van der Waals surface area (Å²) in [6, 6.07) is 8.63. The SMILES string of the molecule is CCC([Si])c1ccccc1C([Si])CC. The average Bonchev–Trinajstić information content (AvgIpc) is 2.27. The number of benzene rings is 1. The second-order valence-corrected chi connectivity index (χ2v) is 4.94. The Labute approximate surface area is 94.0 Å². The summed E-state index contributed by atoms with van der Waals surface area (Å²) >= 11 is 0. The normalized spacial score (nSPS) is 15.1. The van der Waals surface area contributed by atoms with Crippen LogP contribution in [-0.2, 0) is 0 Å². The molecular weight excluding hydrogens is 200 g/mol. The monoisotopic (exact) mass is 216 g/mol. The van der Waals surface area contributed by atoms with Crippen molar-refractivity contribution in [3.05, 3.63) is 35.4 Å². The number of rotatable bonds is 4. The first-order valence-electron chi connectivity index (χ1n) is 5.21. The summed E-state index contributed by atoms with van der Waals surface area (Å²) < 4.78 is 0. The predicted molar refractivity (Wildman–Crippen MR) is 64.0 cm³/mol. The maximum absolute atomic E-state index is 3.76. The van der Waals surface area contributed by atoms with Gasteiger partial charge in [-0.3, -0.25) is 0 Å². The van der Waals surface area contributed by atoms with Crippen molar-refractivity contribution in [2.75, 3.05) is 0 Å². The van der Waals surface area contributed by atoms with E-state index in [1.54, 1.807) is 0 Å². The topological polar surface area (TPSA) is 0 Å². The molecule has 0 saturated heterocycles. The van der Waals surface area contributed by atoms with Gasteiger partial charge in [0.1, 0.15) is 0 Å². The first kappa shape index (κ1) is 11.7. The lowest BCUT2D eigenvalue weighted by molar-refractivity contribution is 0.821. The molecule has 2 heteroatoms. The summed E-state index contributed by atoms with van der Waals surface area (Å²) in [7, 11) is 7.53. The summed E-state index contributed by atoms with van der Waals surface area (Å²) in [6.45, 7) is 4.39. The minimum Gasteiger partial charge on any atom is -0.0651 e. The van der Waals surface area contributed by atoms with Crippen molar-refractivity contribution >= 4 is 20.5 Å². The van der Waals surface area contributed by atoms with Crippen molar-refractivity contribution in [1.29, 1.82) is 0 Å². The van der Waals surface area contributed by atoms with Gasteiger partial charge in [-0.1, -0.05) is 51.0 Å². The van der Waals surface area contributed by atoms with Gasteiger partial charge in [-0.25, -0.2) is 0 Å². The van der Waals surface area contributed by atoms with Crippen LogP contribution in [0.2, 0.25) is 0 Å². The molecule has 0 nitrogen and oxygen atoms in total. The minimum atomic E-state index is 0.469. The molecule has 1 aromatic rings. The Bertz CT molecular complexity index is 254. The maximum atomic E-state index is 3.76. The van der Waals surface area contributed by atoms with E-state index in [9.17, 15) is 0 Å². The van der Waals surface area contributed by atoms with Crippen molar-refractivity contribution in [2.24, 2.45) is 0 Å². The molecule has 2 atom stereocenters. The third-order valence-corrected chi connectivity index (χ3v) is 4.00. The number of hydrogen-bond donors (Lipinski definition) is 0. The van der Waals surface area contributed by atoms with Gasteiger partial charge in [-0.05, 0) is 22.2 Å². The Morgan fingerprint density at radius 3 is 1.57 bits per heavy atom. The first-order valence-corrected chi connectivity index (χ1v) is 6.37. The number of hydrogen-bond acceptors (Lipinski definition) is 0. The van der Waals surface area contributed by atoms with Gasteiger partial charge < -0.3 is 0 Å². The zero-order valence-corrected chi connectivity index (χ0v) is 10.9. The molecule has 0 bridgehead atoms. The second-order valence-electron chi connectivity index (χ2n) is 3.55. The first-order chi connectivity index (χ1) is 6.70. The molecule has 0 fully saturated rings. The van der Waals surface area contributed by atoms with Crippen LogP contribution >= 0.6 is 0 Å². The standard InChI is InChI=1S/C12H16Si2/c1-3-11(13)9-7-5-6-8-10(9)12(14)4-2/h5-8,11-12H,3-4H2,1-2H3. The Hall–Kier alpha value is -0.346. The van der Waals surface area contributed by atoms with Crippen LogP contribution in [0.3, 0.4) is 0 Å². The fourth-order valence-corrected chi connectivity index (χ4v) is 2.11. The molecule has 72 valence electrons.